The molecule has 1 amide bonds. The van der Waals surface area contributed by atoms with Crippen LogP contribution < -0.4 is 5.32 Å². The molecule has 0 aromatic heterocycles. The molecular weight excluding hydrogens is 214 g/mol. The van der Waals surface area contributed by atoms with E-state index in [2.05, 4.69) is 11.4 Å². The van der Waals surface area contributed by atoms with Crippen LogP contribution in [0.1, 0.15) is 12.5 Å². The number of aryl methyl sites for hydroxylation is 1. The van der Waals surface area contributed by atoms with Crippen LogP contribution in [0.3, 0.4) is 0 Å². The van der Waals surface area contributed by atoms with E-state index in [0.717, 1.165) is 11.3 Å². The maximum absolute atomic E-state index is 11.7. The molecule has 0 spiro atoms. The smallest absolute Gasteiger partial charge is 0.238 e. The predicted molar refractivity (Wildman–Crippen MR) is 67.5 cm³/mol. The first-order valence-corrected chi connectivity index (χ1v) is 5.49. The van der Waals surface area contributed by atoms with E-state index in [1.165, 1.54) is 0 Å². The maximum Gasteiger partial charge on any atom is 0.238 e. The molecule has 1 aromatic carbocycles. The van der Waals surface area contributed by atoms with Gasteiger partial charge in [-0.05, 0) is 38.6 Å². The lowest BCUT2D eigenvalue weighted by Gasteiger charge is -2.18. The number of benzene rings is 1. The molecule has 0 heterocycles. The van der Waals surface area contributed by atoms with Crippen LogP contribution in [0, 0.1) is 18.3 Å². The van der Waals surface area contributed by atoms with Crippen LogP contribution in [0.5, 0.6) is 0 Å². The second kappa shape index (κ2) is 6.02. The number of anilines is 1. The number of nitriles is 1. The molecule has 1 rings (SSSR count). The molecule has 17 heavy (non-hydrogen) atoms. The Hall–Kier alpha value is -1.86. The van der Waals surface area contributed by atoms with Crippen LogP contribution in [0.4, 0.5) is 5.69 Å². The number of hydrogen-bond acceptors (Lipinski definition) is 3. The van der Waals surface area contributed by atoms with Crippen molar-refractivity contribution in [3.8, 4) is 6.07 Å². The summed E-state index contributed by atoms with van der Waals surface area (Å²) < 4.78 is 0. The van der Waals surface area contributed by atoms with E-state index in [4.69, 9.17) is 5.26 Å². The molecule has 0 fully saturated rings. The second-order valence-electron chi connectivity index (χ2n) is 4.14. The first-order valence-electron chi connectivity index (χ1n) is 5.49. The number of carbonyl (C=O) groups is 1. The summed E-state index contributed by atoms with van der Waals surface area (Å²) in [6, 6.07) is 9.44. The normalized spacial score (nSPS) is 11.9. The summed E-state index contributed by atoms with van der Waals surface area (Å²) in [4.78, 5) is 13.4. The minimum absolute atomic E-state index is 0.111. The highest BCUT2D eigenvalue weighted by molar-refractivity contribution is 5.92. The van der Waals surface area contributed by atoms with Crippen molar-refractivity contribution >= 4 is 11.6 Å². The highest BCUT2D eigenvalue weighted by atomic mass is 16.2. The van der Waals surface area contributed by atoms with E-state index < -0.39 is 0 Å². The molecule has 4 heteroatoms. The zero-order valence-electron chi connectivity index (χ0n) is 10.4. The first-order chi connectivity index (χ1) is 8.02. The molecule has 0 radical (unpaired) electrons. The van der Waals surface area contributed by atoms with Gasteiger partial charge in [-0.25, -0.2) is 0 Å². The molecule has 1 atom stereocenters. The Balaban J connectivity index is 2.53. The van der Waals surface area contributed by atoms with Crippen molar-refractivity contribution in [2.24, 2.45) is 0 Å². The molecule has 0 saturated carbocycles. The van der Waals surface area contributed by atoms with Gasteiger partial charge in [-0.15, -0.1) is 0 Å². The summed E-state index contributed by atoms with van der Waals surface area (Å²) >= 11 is 0. The third-order valence-corrected chi connectivity index (χ3v) is 2.54. The highest BCUT2D eigenvalue weighted by Gasteiger charge is 2.12. The fraction of sp³-hybridized carbons (Fsp3) is 0.385. The fourth-order valence-electron chi connectivity index (χ4n) is 1.39. The molecule has 1 unspecified atom stereocenters. The van der Waals surface area contributed by atoms with E-state index in [1.807, 2.05) is 31.2 Å². The third-order valence-electron chi connectivity index (χ3n) is 2.54. The van der Waals surface area contributed by atoms with Gasteiger partial charge < -0.3 is 5.32 Å². The average Bonchev–Trinajstić information content (AvgIpc) is 2.27. The van der Waals surface area contributed by atoms with Crippen molar-refractivity contribution in [1.82, 2.24) is 4.90 Å². The Morgan fingerprint density at radius 1 is 1.59 bits per heavy atom. The minimum atomic E-state index is -0.266. The Morgan fingerprint density at radius 2 is 2.29 bits per heavy atom. The summed E-state index contributed by atoms with van der Waals surface area (Å²) in [7, 11) is 1.75. The second-order valence-corrected chi connectivity index (χ2v) is 4.14. The molecule has 0 aliphatic carbocycles. The van der Waals surface area contributed by atoms with Crippen molar-refractivity contribution in [3.05, 3.63) is 29.8 Å². The van der Waals surface area contributed by atoms with Crippen molar-refractivity contribution in [2.75, 3.05) is 18.9 Å². The molecule has 1 N–H and O–H groups in total. The molecule has 1 aromatic rings. The van der Waals surface area contributed by atoms with Crippen molar-refractivity contribution in [2.45, 2.75) is 19.9 Å². The molecule has 0 aliphatic heterocycles. The number of nitrogens with one attached hydrogen (secondary N) is 1. The lowest BCUT2D eigenvalue weighted by atomic mass is 10.2. The highest BCUT2D eigenvalue weighted by Crippen LogP contribution is 2.09. The lowest BCUT2D eigenvalue weighted by Crippen LogP contribution is -2.35. The van der Waals surface area contributed by atoms with Crippen molar-refractivity contribution in [1.29, 1.82) is 5.26 Å². The first kappa shape index (κ1) is 13.2. The number of hydrogen-bond donors (Lipinski definition) is 1. The standard InChI is InChI=1S/C13H17N3O/c1-10-5-4-6-12(7-10)15-13(17)9-16(3)11(2)8-14/h4-7,11H,9H2,1-3H3,(H,15,17). The van der Waals surface area contributed by atoms with Gasteiger partial charge in [-0.1, -0.05) is 12.1 Å². The van der Waals surface area contributed by atoms with Crippen LogP contribution in [-0.2, 0) is 4.79 Å². The van der Waals surface area contributed by atoms with Crippen LogP contribution >= 0.6 is 0 Å². The van der Waals surface area contributed by atoms with E-state index >= 15 is 0 Å². The van der Waals surface area contributed by atoms with Gasteiger partial charge in [0.25, 0.3) is 0 Å². The van der Waals surface area contributed by atoms with Crippen molar-refractivity contribution in [3.63, 3.8) is 0 Å². The van der Waals surface area contributed by atoms with Gasteiger partial charge in [-0.2, -0.15) is 5.26 Å². The zero-order chi connectivity index (χ0) is 12.8. The molecular formula is C13H17N3O. The Morgan fingerprint density at radius 3 is 2.88 bits per heavy atom. The summed E-state index contributed by atoms with van der Waals surface area (Å²) in [6.45, 7) is 3.95. The van der Waals surface area contributed by atoms with Gasteiger partial charge in [0.15, 0.2) is 0 Å². The molecule has 90 valence electrons. The van der Waals surface area contributed by atoms with E-state index in [0.29, 0.717) is 0 Å². The molecule has 0 bridgehead atoms. The summed E-state index contributed by atoms with van der Waals surface area (Å²) in [5.74, 6) is -0.111. The van der Waals surface area contributed by atoms with Gasteiger partial charge in [0.2, 0.25) is 5.91 Å². The predicted octanol–water partition coefficient (Wildman–Crippen LogP) is 1.78. The number of carbonyl (C=O) groups excluding carboxylic acids is 1. The summed E-state index contributed by atoms with van der Waals surface area (Å²) in [5, 5.41) is 11.5. The topological polar surface area (TPSA) is 56.1 Å². The molecule has 4 nitrogen and oxygen atoms in total. The van der Waals surface area contributed by atoms with Gasteiger partial charge in [0.1, 0.15) is 0 Å². The summed E-state index contributed by atoms with van der Waals surface area (Å²) in [6.07, 6.45) is 0. The number of amides is 1. The number of likely N-dealkylation sites (N-methyl/N-ethyl adjacent to an activating group) is 1. The molecule has 0 aliphatic rings. The van der Waals surface area contributed by atoms with Crippen LogP contribution in [0.2, 0.25) is 0 Å². The third kappa shape index (κ3) is 4.25. The molecule has 0 saturated heterocycles. The average molecular weight is 231 g/mol. The van der Waals surface area contributed by atoms with Gasteiger partial charge in [0.05, 0.1) is 18.7 Å². The maximum atomic E-state index is 11.7. The van der Waals surface area contributed by atoms with Crippen LogP contribution in [0.25, 0.3) is 0 Å². The summed E-state index contributed by atoms with van der Waals surface area (Å²) in [5.41, 5.74) is 1.88. The zero-order valence-corrected chi connectivity index (χ0v) is 10.4. The Bertz CT molecular complexity index is 437. The minimum Gasteiger partial charge on any atom is -0.325 e. The monoisotopic (exact) mass is 231 g/mol. The Kier molecular flexibility index (Phi) is 4.68. The van der Waals surface area contributed by atoms with E-state index in [9.17, 15) is 4.79 Å². The van der Waals surface area contributed by atoms with E-state index in [-0.39, 0.29) is 18.5 Å². The van der Waals surface area contributed by atoms with Gasteiger partial charge >= 0.3 is 0 Å². The SMILES string of the molecule is Cc1cccc(NC(=O)CN(C)C(C)C#N)c1. The Labute approximate surface area is 102 Å². The quantitative estimate of drug-likeness (QED) is 0.859. The van der Waals surface area contributed by atoms with Crippen LogP contribution in [-0.4, -0.2) is 30.4 Å². The van der Waals surface area contributed by atoms with Gasteiger partial charge in [-0.3, -0.25) is 9.69 Å². The van der Waals surface area contributed by atoms with E-state index in [1.54, 1.807) is 18.9 Å². The van der Waals surface area contributed by atoms with Crippen molar-refractivity contribution < 1.29 is 4.79 Å². The lowest BCUT2D eigenvalue weighted by molar-refractivity contribution is -0.117. The van der Waals surface area contributed by atoms with Crippen LogP contribution in [0.15, 0.2) is 24.3 Å². The van der Waals surface area contributed by atoms with Gasteiger partial charge in [0, 0.05) is 5.69 Å². The fourth-order valence-corrected chi connectivity index (χ4v) is 1.39. The number of nitrogens with zero attached hydrogens (tertiary/aromatic N) is 2. The largest absolute Gasteiger partial charge is 0.325 e. The number of rotatable bonds is 4.